The molecule has 0 amide bonds. The van der Waals surface area contributed by atoms with E-state index >= 15 is 0 Å². The van der Waals surface area contributed by atoms with Gasteiger partial charge in [0, 0.05) is 5.03 Å². The van der Waals surface area contributed by atoms with Crippen molar-refractivity contribution in [2.45, 2.75) is 6.92 Å². The summed E-state index contributed by atoms with van der Waals surface area (Å²) in [6.45, 7) is 9.00. The molecule has 0 atom stereocenters. The Morgan fingerprint density at radius 3 is 2.00 bits per heavy atom. The number of hydrogen-bond acceptors (Lipinski definition) is 0. The fourth-order valence-electron chi connectivity index (χ4n) is 0.233. The summed E-state index contributed by atoms with van der Waals surface area (Å²) >= 11 is 5.40. The second-order valence-corrected chi connectivity index (χ2v) is 2.11. The van der Waals surface area contributed by atoms with E-state index < -0.39 is 0 Å². The molecule has 0 rings (SSSR count). The van der Waals surface area contributed by atoms with E-state index in [2.05, 4.69) is 13.2 Å². The van der Waals surface area contributed by atoms with Gasteiger partial charge in [-0.1, -0.05) is 36.4 Å². The number of hydrogen-bond donors (Lipinski definition) is 0. The summed E-state index contributed by atoms with van der Waals surface area (Å²) in [6, 6.07) is 0. The predicted molar refractivity (Wildman–Crippen MR) is 38.9 cm³/mol. The summed E-state index contributed by atoms with van der Waals surface area (Å²) in [7, 11) is 0. The molecule has 0 aromatic rings. The van der Waals surface area contributed by atoms with Gasteiger partial charge in [0.05, 0.1) is 0 Å². The Hall–Kier alpha value is -0.490. The largest absolute Gasteiger partial charge is 0.0961 e. The molecule has 44 valence electrons. The van der Waals surface area contributed by atoms with Crippen molar-refractivity contribution in [2.24, 2.45) is 0 Å². The van der Waals surface area contributed by atoms with Gasteiger partial charge >= 0.3 is 0 Å². The minimum atomic E-state index is 0.535. The van der Waals surface area contributed by atoms with Crippen molar-refractivity contribution < 1.29 is 0 Å². The van der Waals surface area contributed by atoms with E-state index in [1.807, 2.05) is 13.0 Å². The van der Waals surface area contributed by atoms with Gasteiger partial charge in [-0.05, 0) is 13.0 Å². The number of halogens is 1. The summed E-state index contributed by atoms with van der Waals surface area (Å²) < 4.78 is 0. The van der Waals surface area contributed by atoms with Gasteiger partial charge in [-0.3, -0.25) is 0 Å². The zero-order valence-corrected chi connectivity index (χ0v) is 5.70. The average Bonchev–Trinajstić information content (AvgIpc) is 1.61. The topological polar surface area (TPSA) is 0 Å². The molecule has 0 heterocycles. The Morgan fingerprint density at radius 1 is 1.38 bits per heavy atom. The summed E-state index contributed by atoms with van der Waals surface area (Å²) in [6.07, 6.45) is 3.53. The van der Waals surface area contributed by atoms with Crippen molar-refractivity contribution in [2.75, 3.05) is 0 Å². The molecule has 0 saturated heterocycles. The molecule has 0 bridgehead atoms. The van der Waals surface area contributed by atoms with Crippen molar-refractivity contribution in [3.05, 3.63) is 35.9 Å². The molecule has 0 radical (unpaired) electrons. The number of allylic oxidation sites excluding steroid dienone is 4. The zero-order valence-electron chi connectivity index (χ0n) is 4.95. The monoisotopic (exact) mass is 128 g/mol. The summed E-state index contributed by atoms with van der Waals surface area (Å²) in [4.78, 5) is 0. The molecule has 0 fully saturated rings. The molecule has 0 saturated carbocycles. The van der Waals surface area contributed by atoms with Crippen molar-refractivity contribution in [3.8, 4) is 0 Å². The predicted octanol–water partition coefficient (Wildman–Crippen LogP) is 2.87. The smallest absolute Gasteiger partial charge is 0.0334 e. The van der Waals surface area contributed by atoms with E-state index in [4.69, 9.17) is 11.6 Å². The minimum Gasteiger partial charge on any atom is -0.0961 e. The van der Waals surface area contributed by atoms with Crippen LogP contribution in [0.4, 0.5) is 0 Å². The lowest BCUT2D eigenvalue weighted by Crippen LogP contribution is -1.60. The first kappa shape index (κ1) is 7.51. The van der Waals surface area contributed by atoms with Gasteiger partial charge in [-0.25, -0.2) is 0 Å². The van der Waals surface area contributed by atoms with Crippen LogP contribution in [-0.2, 0) is 0 Å². The third-order valence-corrected chi connectivity index (χ3v) is 0.675. The lowest BCUT2D eigenvalue weighted by Gasteiger charge is -1.82. The molecule has 0 N–H and O–H groups in total. The zero-order chi connectivity index (χ0) is 6.57. The molecule has 0 aliphatic rings. The molecular weight excluding hydrogens is 120 g/mol. The van der Waals surface area contributed by atoms with Crippen LogP contribution in [0.15, 0.2) is 35.9 Å². The van der Waals surface area contributed by atoms with E-state index in [0.29, 0.717) is 5.03 Å². The molecule has 0 aromatic heterocycles. The SMILES string of the molecule is C=C(C)/C=C\C(=C)Cl. The Labute approximate surface area is 55.2 Å². The Kier molecular flexibility index (Phi) is 3.29. The Bertz CT molecular complexity index is 115. The fraction of sp³-hybridized carbons (Fsp3) is 0.143. The maximum Gasteiger partial charge on any atom is 0.0334 e. The Balaban J connectivity index is 3.67. The molecular formula is C7H9Cl. The second-order valence-electron chi connectivity index (χ2n) is 1.63. The van der Waals surface area contributed by atoms with Crippen LogP contribution in [0.25, 0.3) is 0 Å². The van der Waals surface area contributed by atoms with Crippen molar-refractivity contribution in [1.29, 1.82) is 0 Å². The van der Waals surface area contributed by atoms with E-state index in [9.17, 15) is 0 Å². The molecule has 0 aliphatic heterocycles. The van der Waals surface area contributed by atoms with Crippen LogP contribution in [0.5, 0.6) is 0 Å². The fourth-order valence-corrected chi connectivity index (χ4v) is 0.296. The molecule has 0 unspecified atom stereocenters. The molecule has 1 heteroatoms. The van der Waals surface area contributed by atoms with Crippen LogP contribution >= 0.6 is 11.6 Å². The van der Waals surface area contributed by atoms with Gasteiger partial charge in [0.1, 0.15) is 0 Å². The summed E-state index contributed by atoms with van der Waals surface area (Å²) in [5.41, 5.74) is 0.979. The third kappa shape index (κ3) is 5.51. The van der Waals surface area contributed by atoms with Gasteiger partial charge in [-0.15, -0.1) is 0 Å². The lowest BCUT2D eigenvalue weighted by atomic mass is 10.3. The van der Waals surface area contributed by atoms with Crippen molar-refractivity contribution >= 4 is 11.6 Å². The van der Waals surface area contributed by atoms with E-state index in [-0.39, 0.29) is 0 Å². The highest BCUT2D eigenvalue weighted by molar-refractivity contribution is 6.30. The maximum atomic E-state index is 5.40. The first-order valence-corrected chi connectivity index (χ1v) is 2.68. The van der Waals surface area contributed by atoms with Gasteiger partial charge in [-0.2, -0.15) is 0 Å². The molecule has 0 nitrogen and oxygen atoms in total. The van der Waals surface area contributed by atoms with Crippen LogP contribution in [0.2, 0.25) is 0 Å². The normalized spacial score (nSPS) is 9.75. The van der Waals surface area contributed by atoms with Gasteiger partial charge < -0.3 is 0 Å². The van der Waals surface area contributed by atoms with Crippen LogP contribution in [-0.4, -0.2) is 0 Å². The Morgan fingerprint density at radius 2 is 1.88 bits per heavy atom. The average molecular weight is 129 g/mol. The van der Waals surface area contributed by atoms with Gasteiger partial charge in [0.25, 0.3) is 0 Å². The first-order valence-electron chi connectivity index (χ1n) is 2.31. The first-order chi connectivity index (χ1) is 3.63. The minimum absolute atomic E-state index is 0.535. The highest BCUT2D eigenvalue weighted by atomic mass is 35.5. The van der Waals surface area contributed by atoms with Gasteiger partial charge in [0.15, 0.2) is 0 Å². The highest BCUT2D eigenvalue weighted by Crippen LogP contribution is 2.00. The van der Waals surface area contributed by atoms with Crippen LogP contribution in [0.1, 0.15) is 6.92 Å². The highest BCUT2D eigenvalue weighted by Gasteiger charge is 1.74. The summed E-state index contributed by atoms with van der Waals surface area (Å²) in [5, 5.41) is 0.535. The summed E-state index contributed by atoms with van der Waals surface area (Å²) in [5.74, 6) is 0. The van der Waals surface area contributed by atoms with Crippen LogP contribution in [0.3, 0.4) is 0 Å². The van der Waals surface area contributed by atoms with Crippen LogP contribution in [0, 0.1) is 0 Å². The quantitative estimate of drug-likeness (QED) is 0.502. The molecule has 0 aliphatic carbocycles. The van der Waals surface area contributed by atoms with E-state index in [1.165, 1.54) is 0 Å². The van der Waals surface area contributed by atoms with E-state index in [1.54, 1.807) is 6.08 Å². The third-order valence-electron chi connectivity index (χ3n) is 0.549. The molecule has 0 aromatic carbocycles. The van der Waals surface area contributed by atoms with Crippen molar-refractivity contribution in [3.63, 3.8) is 0 Å². The lowest BCUT2D eigenvalue weighted by molar-refractivity contribution is 1.56. The number of rotatable bonds is 2. The maximum absolute atomic E-state index is 5.40. The van der Waals surface area contributed by atoms with E-state index in [0.717, 1.165) is 5.57 Å². The van der Waals surface area contributed by atoms with Crippen LogP contribution < -0.4 is 0 Å². The van der Waals surface area contributed by atoms with Gasteiger partial charge in [0.2, 0.25) is 0 Å². The molecule has 8 heavy (non-hydrogen) atoms. The van der Waals surface area contributed by atoms with Crippen molar-refractivity contribution in [1.82, 2.24) is 0 Å². The standard InChI is InChI=1S/C7H9Cl/c1-6(2)4-5-7(3)8/h4-5H,1,3H2,2H3/b5-4-. The second kappa shape index (κ2) is 3.50. The molecule has 0 spiro atoms.